The number of carbonyl (C=O) groups is 1. The normalized spacial score (nSPS) is 14.2. The van der Waals surface area contributed by atoms with Gasteiger partial charge in [-0.15, -0.1) is 0 Å². The van der Waals surface area contributed by atoms with Crippen molar-refractivity contribution < 1.29 is 4.79 Å². The summed E-state index contributed by atoms with van der Waals surface area (Å²) in [6.07, 6.45) is 0.830. The van der Waals surface area contributed by atoms with Gasteiger partial charge in [0.15, 0.2) is 0 Å². The van der Waals surface area contributed by atoms with Crippen LogP contribution in [-0.4, -0.2) is 42.1 Å². The predicted molar refractivity (Wildman–Crippen MR) is 123 cm³/mol. The van der Waals surface area contributed by atoms with Crippen LogP contribution in [0.5, 0.6) is 0 Å². The summed E-state index contributed by atoms with van der Waals surface area (Å²) in [5.74, 6) is 0.714. The summed E-state index contributed by atoms with van der Waals surface area (Å²) in [5.41, 5.74) is 4.86. The monoisotopic (exact) mass is 413 g/mol. The van der Waals surface area contributed by atoms with Crippen molar-refractivity contribution >= 4 is 22.8 Å². The van der Waals surface area contributed by atoms with Gasteiger partial charge in [-0.05, 0) is 49.1 Å². The molecule has 4 rings (SSSR count). The first-order valence-electron chi connectivity index (χ1n) is 10.7. The second-order valence-corrected chi connectivity index (χ2v) is 8.09. The molecular weight excluding hydrogens is 386 g/mol. The minimum absolute atomic E-state index is 0.0519. The number of nitriles is 1. The Morgan fingerprint density at radius 1 is 1.10 bits per heavy atom. The molecule has 2 heterocycles. The maximum atomic E-state index is 12.7. The molecule has 0 bridgehead atoms. The number of nitrogens with zero attached hydrogens (tertiary/aromatic N) is 4. The summed E-state index contributed by atoms with van der Waals surface area (Å²) in [4.78, 5) is 21.5. The van der Waals surface area contributed by atoms with Gasteiger partial charge in [-0.3, -0.25) is 0 Å². The molecule has 0 spiro atoms. The second-order valence-electron chi connectivity index (χ2n) is 8.09. The van der Waals surface area contributed by atoms with Gasteiger partial charge in [-0.2, -0.15) is 5.26 Å². The first kappa shape index (κ1) is 20.7. The molecule has 0 unspecified atom stereocenters. The maximum Gasteiger partial charge on any atom is 0.317 e. The van der Waals surface area contributed by atoms with Crippen LogP contribution in [0.1, 0.15) is 28.7 Å². The summed E-state index contributed by atoms with van der Waals surface area (Å²) in [7, 11) is 0. The van der Waals surface area contributed by atoms with E-state index in [2.05, 4.69) is 42.3 Å². The number of urea groups is 1. The Hall–Kier alpha value is -3.59. The van der Waals surface area contributed by atoms with Gasteiger partial charge in [-0.25, -0.2) is 9.78 Å². The molecule has 1 fully saturated rings. The number of amides is 2. The number of rotatable bonds is 3. The second kappa shape index (κ2) is 9.05. The van der Waals surface area contributed by atoms with Gasteiger partial charge < -0.3 is 15.1 Å². The van der Waals surface area contributed by atoms with E-state index >= 15 is 0 Å². The number of hydrogen-bond acceptors (Lipinski definition) is 4. The van der Waals surface area contributed by atoms with Crippen LogP contribution in [0.25, 0.3) is 10.9 Å². The molecule has 1 aliphatic rings. The molecule has 158 valence electrons. The van der Waals surface area contributed by atoms with Crippen molar-refractivity contribution in [2.75, 3.05) is 31.1 Å². The molecule has 1 N–H and O–H groups in total. The van der Waals surface area contributed by atoms with E-state index in [0.29, 0.717) is 37.6 Å². The molecular formula is C25H27N5O. The number of benzene rings is 2. The molecule has 0 aliphatic carbocycles. The first-order chi connectivity index (χ1) is 15.0. The van der Waals surface area contributed by atoms with Gasteiger partial charge in [0.2, 0.25) is 0 Å². The molecule has 1 aliphatic heterocycles. The molecule has 31 heavy (non-hydrogen) atoms. The van der Waals surface area contributed by atoms with Gasteiger partial charge in [0.25, 0.3) is 0 Å². The van der Waals surface area contributed by atoms with Crippen molar-refractivity contribution in [3.63, 3.8) is 0 Å². The standard InChI is InChI=1S/C25H27N5O/c1-18-13-19(2)22-15-21(16-26)24(28-23(22)14-18)29-9-6-10-30(12-11-29)25(31)27-17-20-7-4-3-5-8-20/h3-5,7-8,13-15H,6,9-12,17H2,1-2H3,(H,27,31). The van der Waals surface area contributed by atoms with Crippen LogP contribution in [0.4, 0.5) is 10.6 Å². The van der Waals surface area contributed by atoms with E-state index in [0.717, 1.165) is 40.6 Å². The Balaban J connectivity index is 1.49. The lowest BCUT2D eigenvalue weighted by Gasteiger charge is -2.24. The van der Waals surface area contributed by atoms with E-state index in [-0.39, 0.29) is 6.03 Å². The van der Waals surface area contributed by atoms with E-state index in [4.69, 9.17) is 4.98 Å². The average Bonchev–Trinajstić information content (AvgIpc) is 3.03. The zero-order valence-electron chi connectivity index (χ0n) is 18.1. The number of anilines is 1. The van der Waals surface area contributed by atoms with Crippen molar-refractivity contribution in [1.29, 1.82) is 5.26 Å². The smallest absolute Gasteiger partial charge is 0.317 e. The molecule has 1 saturated heterocycles. The van der Waals surface area contributed by atoms with Gasteiger partial charge in [0.05, 0.1) is 11.1 Å². The Bertz CT molecular complexity index is 1140. The van der Waals surface area contributed by atoms with E-state index < -0.39 is 0 Å². The summed E-state index contributed by atoms with van der Waals surface area (Å²) >= 11 is 0. The maximum absolute atomic E-state index is 12.7. The molecule has 6 nitrogen and oxygen atoms in total. The number of fused-ring (bicyclic) bond motifs is 1. The Labute approximate surface area is 183 Å². The molecule has 2 aromatic carbocycles. The number of hydrogen-bond donors (Lipinski definition) is 1. The lowest BCUT2D eigenvalue weighted by molar-refractivity contribution is 0.201. The van der Waals surface area contributed by atoms with Crippen molar-refractivity contribution in [3.8, 4) is 6.07 Å². The third kappa shape index (κ3) is 4.61. The van der Waals surface area contributed by atoms with Crippen LogP contribution < -0.4 is 10.2 Å². The third-order valence-electron chi connectivity index (χ3n) is 5.75. The number of carbonyl (C=O) groups excluding carboxylic acids is 1. The highest BCUT2D eigenvalue weighted by molar-refractivity contribution is 5.86. The summed E-state index contributed by atoms with van der Waals surface area (Å²) in [5, 5.41) is 13.8. The highest BCUT2D eigenvalue weighted by Gasteiger charge is 2.22. The van der Waals surface area contributed by atoms with Crippen LogP contribution >= 0.6 is 0 Å². The SMILES string of the molecule is Cc1cc(C)c2cc(C#N)c(N3CCCN(C(=O)NCc4ccccc4)CC3)nc2c1. The fraction of sp³-hybridized carbons (Fsp3) is 0.320. The first-order valence-corrected chi connectivity index (χ1v) is 10.7. The highest BCUT2D eigenvalue weighted by Crippen LogP contribution is 2.27. The summed E-state index contributed by atoms with van der Waals surface area (Å²) in [6, 6.07) is 18.3. The van der Waals surface area contributed by atoms with Crippen LogP contribution in [0.15, 0.2) is 48.5 Å². The molecule has 0 atom stereocenters. The number of nitrogens with one attached hydrogen (secondary N) is 1. The zero-order valence-corrected chi connectivity index (χ0v) is 18.1. The lowest BCUT2D eigenvalue weighted by Crippen LogP contribution is -2.41. The van der Waals surface area contributed by atoms with E-state index in [9.17, 15) is 10.1 Å². The number of pyridine rings is 1. The van der Waals surface area contributed by atoms with E-state index in [1.165, 1.54) is 0 Å². The van der Waals surface area contributed by atoms with E-state index in [1.807, 2.05) is 41.3 Å². The average molecular weight is 414 g/mol. The molecule has 2 amide bonds. The summed E-state index contributed by atoms with van der Waals surface area (Å²) in [6.45, 7) is 7.32. The Morgan fingerprint density at radius 3 is 2.68 bits per heavy atom. The van der Waals surface area contributed by atoms with Crippen LogP contribution in [-0.2, 0) is 6.54 Å². The number of aryl methyl sites for hydroxylation is 2. The van der Waals surface area contributed by atoms with Crippen molar-refractivity contribution in [2.45, 2.75) is 26.8 Å². The Kier molecular flexibility index (Phi) is 6.03. The van der Waals surface area contributed by atoms with Crippen LogP contribution in [0.2, 0.25) is 0 Å². The zero-order chi connectivity index (χ0) is 21.8. The molecule has 1 aromatic heterocycles. The largest absolute Gasteiger partial charge is 0.354 e. The fourth-order valence-electron chi connectivity index (χ4n) is 4.16. The quantitative estimate of drug-likeness (QED) is 0.700. The van der Waals surface area contributed by atoms with Gasteiger partial charge in [0, 0.05) is 38.1 Å². The van der Waals surface area contributed by atoms with Gasteiger partial charge in [0.1, 0.15) is 11.9 Å². The van der Waals surface area contributed by atoms with Gasteiger partial charge >= 0.3 is 6.03 Å². The minimum Gasteiger partial charge on any atom is -0.354 e. The fourth-order valence-corrected chi connectivity index (χ4v) is 4.16. The number of aromatic nitrogens is 1. The third-order valence-corrected chi connectivity index (χ3v) is 5.75. The predicted octanol–water partition coefficient (Wildman–Crippen LogP) is 4.15. The molecule has 0 radical (unpaired) electrons. The van der Waals surface area contributed by atoms with Crippen LogP contribution in [0, 0.1) is 25.2 Å². The van der Waals surface area contributed by atoms with Crippen LogP contribution in [0.3, 0.4) is 0 Å². The topological polar surface area (TPSA) is 72.3 Å². The highest BCUT2D eigenvalue weighted by atomic mass is 16.2. The lowest BCUT2D eigenvalue weighted by atomic mass is 10.0. The molecule has 6 heteroatoms. The minimum atomic E-state index is -0.0519. The molecule has 3 aromatic rings. The van der Waals surface area contributed by atoms with Crippen molar-refractivity contribution in [2.24, 2.45) is 0 Å². The molecule has 0 saturated carbocycles. The van der Waals surface area contributed by atoms with Crippen molar-refractivity contribution in [1.82, 2.24) is 15.2 Å². The summed E-state index contributed by atoms with van der Waals surface area (Å²) < 4.78 is 0. The van der Waals surface area contributed by atoms with Crippen molar-refractivity contribution in [3.05, 3.63) is 70.8 Å². The van der Waals surface area contributed by atoms with Gasteiger partial charge in [-0.1, -0.05) is 36.4 Å². The van der Waals surface area contributed by atoms with E-state index in [1.54, 1.807) is 0 Å². The Morgan fingerprint density at radius 2 is 1.90 bits per heavy atom.